The van der Waals surface area contributed by atoms with Gasteiger partial charge in [0.05, 0.1) is 5.69 Å². The summed E-state index contributed by atoms with van der Waals surface area (Å²) in [6.07, 6.45) is 9.26. The van der Waals surface area contributed by atoms with E-state index in [1.165, 1.54) is 0 Å². The molecule has 2 aromatic rings. The van der Waals surface area contributed by atoms with Crippen LogP contribution in [0.4, 0.5) is 0 Å². The summed E-state index contributed by atoms with van der Waals surface area (Å²) in [6, 6.07) is 7.02. The van der Waals surface area contributed by atoms with E-state index in [2.05, 4.69) is 10.3 Å². The number of hydrogen-bond acceptors (Lipinski definition) is 4. The highest BCUT2D eigenvalue weighted by Crippen LogP contribution is 2.15. The maximum Gasteiger partial charge on any atom is 0.341 e. The molecule has 7 heteroatoms. The molecule has 136 valence electrons. The monoisotopic (exact) mass is 355 g/mol. The van der Waals surface area contributed by atoms with Crippen LogP contribution in [0.15, 0.2) is 36.5 Å². The predicted octanol–water partition coefficient (Wildman–Crippen LogP) is 2.30. The molecule has 0 radical (unpaired) electrons. The van der Waals surface area contributed by atoms with Crippen LogP contribution in [0.1, 0.15) is 24.0 Å². The van der Waals surface area contributed by atoms with Crippen LogP contribution in [0.25, 0.3) is 18.2 Å². The molecule has 1 aromatic carbocycles. The molecule has 0 spiro atoms. The number of nitrogens with one attached hydrogen (secondary N) is 1. The first-order valence-electron chi connectivity index (χ1n) is 8.05. The Balaban J connectivity index is 2.15. The number of nitrogens with zero attached hydrogens (tertiary/aromatic N) is 2. The smallest absolute Gasteiger partial charge is 0.341 e. The maximum atomic E-state index is 11.7. The normalized spacial score (nSPS) is 11.2. The topological polar surface area (TPSA) is 93.5 Å². The second kappa shape index (κ2) is 9.22. The molecule has 1 heterocycles. The van der Waals surface area contributed by atoms with E-state index in [1.807, 2.05) is 49.6 Å². The Labute approximate surface area is 151 Å². The molecule has 0 fully saturated rings. The number of allylic oxidation sites excluding steroid dienone is 1. The number of likely N-dealkylation sites (N-methyl/N-ethyl adjacent to an activating group) is 1. The van der Waals surface area contributed by atoms with Crippen LogP contribution < -0.4 is 10.1 Å². The average Bonchev–Trinajstić information content (AvgIpc) is 3.00. The lowest BCUT2D eigenvalue weighted by Crippen LogP contribution is -2.23. The fraction of sp³-hybridized carbons (Fsp3) is 0.211. The van der Waals surface area contributed by atoms with Crippen molar-refractivity contribution < 1.29 is 19.4 Å². The van der Waals surface area contributed by atoms with Gasteiger partial charge < -0.3 is 19.7 Å². The number of amides is 1. The van der Waals surface area contributed by atoms with Crippen LogP contribution in [0.2, 0.25) is 0 Å². The van der Waals surface area contributed by atoms with Crippen LogP contribution in [0.3, 0.4) is 0 Å². The zero-order valence-electron chi connectivity index (χ0n) is 14.7. The molecule has 7 nitrogen and oxygen atoms in total. The summed E-state index contributed by atoms with van der Waals surface area (Å²) in [5.41, 5.74) is 1.67. The van der Waals surface area contributed by atoms with Crippen molar-refractivity contribution in [2.45, 2.75) is 13.5 Å². The van der Waals surface area contributed by atoms with E-state index in [0.717, 1.165) is 11.3 Å². The average molecular weight is 355 g/mol. The molecule has 0 aliphatic heterocycles. The number of rotatable bonds is 8. The van der Waals surface area contributed by atoms with Crippen molar-refractivity contribution >= 4 is 30.1 Å². The number of hydrogen-bond donors (Lipinski definition) is 2. The number of carboxylic acids is 1. The van der Waals surface area contributed by atoms with Crippen molar-refractivity contribution in [3.05, 3.63) is 53.6 Å². The number of carbonyl (C=O) groups excluding carboxylic acids is 1. The van der Waals surface area contributed by atoms with Crippen molar-refractivity contribution in [3.8, 4) is 5.75 Å². The minimum atomic E-state index is -1.02. The Morgan fingerprint density at radius 3 is 2.58 bits per heavy atom. The van der Waals surface area contributed by atoms with Crippen molar-refractivity contribution in [2.24, 2.45) is 0 Å². The lowest BCUT2D eigenvalue weighted by atomic mass is 10.2. The summed E-state index contributed by atoms with van der Waals surface area (Å²) in [5, 5.41) is 11.2. The summed E-state index contributed by atoms with van der Waals surface area (Å²) in [6.45, 7) is 1.71. The standard InChI is InChI=1S/C19H21N3O4/c1-3-4-15-11-22(12-18(23)20-2)17(21-15)10-7-14-5-8-16(9-6-14)26-13-19(24)25/h3-11H,12-13H2,1-2H3,(H,20,23)(H,24,25)/b4-3+,10-7+. The third kappa shape index (κ3) is 5.62. The highest BCUT2D eigenvalue weighted by molar-refractivity contribution is 5.76. The van der Waals surface area contributed by atoms with Gasteiger partial charge >= 0.3 is 5.97 Å². The van der Waals surface area contributed by atoms with Crippen molar-refractivity contribution in [1.29, 1.82) is 0 Å². The lowest BCUT2D eigenvalue weighted by Gasteiger charge is -2.04. The number of imidazole rings is 1. The van der Waals surface area contributed by atoms with E-state index >= 15 is 0 Å². The van der Waals surface area contributed by atoms with Gasteiger partial charge in [-0.1, -0.05) is 24.3 Å². The van der Waals surface area contributed by atoms with E-state index in [0.29, 0.717) is 11.6 Å². The fourth-order valence-electron chi connectivity index (χ4n) is 2.19. The summed E-state index contributed by atoms with van der Waals surface area (Å²) in [5.74, 6) is 0.0202. The van der Waals surface area contributed by atoms with E-state index in [4.69, 9.17) is 9.84 Å². The highest BCUT2D eigenvalue weighted by atomic mass is 16.5. The zero-order valence-corrected chi connectivity index (χ0v) is 14.7. The number of aliphatic carboxylic acids is 1. The van der Waals surface area contributed by atoms with Crippen LogP contribution in [0.5, 0.6) is 5.75 Å². The molecular formula is C19H21N3O4. The van der Waals surface area contributed by atoms with E-state index in [-0.39, 0.29) is 19.1 Å². The third-order valence-electron chi connectivity index (χ3n) is 3.42. The van der Waals surface area contributed by atoms with Crippen LogP contribution in [-0.4, -0.2) is 40.2 Å². The number of ether oxygens (including phenoxy) is 1. The molecule has 0 unspecified atom stereocenters. The first-order valence-corrected chi connectivity index (χ1v) is 8.05. The molecular weight excluding hydrogens is 334 g/mol. The number of carbonyl (C=O) groups is 2. The van der Waals surface area contributed by atoms with Crippen molar-refractivity contribution in [2.75, 3.05) is 13.7 Å². The van der Waals surface area contributed by atoms with Gasteiger partial charge in [0.15, 0.2) is 6.61 Å². The first kappa shape index (κ1) is 19.0. The van der Waals surface area contributed by atoms with Gasteiger partial charge in [-0.3, -0.25) is 4.79 Å². The molecule has 0 bridgehead atoms. The Hall–Kier alpha value is -3.35. The molecule has 0 atom stereocenters. The molecule has 26 heavy (non-hydrogen) atoms. The second-order valence-electron chi connectivity index (χ2n) is 5.41. The largest absolute Gasteiger partial charge is 0.482 e. The Morgan fingerprint density at radius 1 is 1.23 bits per heavy atom. The molecule has 0 saturated heterocycles. The molecule has 2 rings (SSSR count). The van der Waals surface area contributed by atoms with Crippen LogP contribution in [-0.2, 0) is 16.1 Å². The Bertz CT molecular complexity index is 820. The van der Waals surface area contributed by atoms with Crippen molar-refractivity contribution in [3.63, 3.8) is 0 Å². The molecule has 1 amide bonds. The second-order valence-corrected chi connectivity index (χ2v) is 5.41. The lowest BCUT2D eigenvalue weighted by molar-refractivity contribution is -0.139. The van der Waals surface area contributed by atoms with Gasteiger partial charge in [-0.15, -0.1) is 0 Å². The summed E-state index contributed by atoms with van der Waals surface area (Å²) in [4.78, 5) is 26.7. The van der Waals surface area contributed by atoms with Gasteiger partial charge in [0.2, 0.25) is 5.91 Å². The molecule has 2 N–H and O–H groups in total. The summed E-state index contributed by atoms with van der Waals surface area (Å²) in [7, 11) is 1.59. The number of benzene rings is 1. The highest BCUT2D eigenvalue weighted by Gasteiger charge is 2.07. The Kier molecular flexibility index (Phi) is 6.73. The van der Waals surface area contributed by atoms with Crippen molar-refractivity contribution in [1.82, 2.24) is 14.9 Å². The quantitative estimate of drug-likeness (QED) is 0.758. The van der Waals surface area contributed by atoms with Gasteiger partial charge in [-0.25, -0.2) is 9.78 Å². The fourth-order valence-corrected chi connectivity index (χ4v) is 2.19. The summed E-state index contributed by atoms with van der Waals surface area (Å²) < 4.78 is 6.87. The third-order valence-corrected chi connectivity index (χ3v) is 3.42. The maximum absolute atomic E-state index is 11.7. The van der Waals surface area contributed by atoms with Crippen LogP contribution >= 0.6 is 0 Å². The van der Waals surface area contributed by atoms with E-state index < -0.39 is 5.97 Å². The number of carboxylic acid groups (broad SMARTS) is 1. The number of aromatic nitrogens is 2. The molecule has 0 saturated carbocycles. The van der Waals surface area contributed by atoms with Crippen LogP contribution in [0, 0.1) is 0 Å². The molecule has 0 aliphatic rings. The van der Waals surface area contributed by atoms with Gasteiger partial charge in [0, 0.05) is 13.2 Å². The zero-order chi connectivity index (χ0) is 18.9. The summed E-state index contributed by atoms with van der Waals surface area (Å²) >= 11 is 0. The SMILES string of the molecule is C/C=C/c1cn(CC(=O)NC)c(/C=C/c2ccc(OCC(=O)O)cc2)n1. The van der Waals surface area contributed by atoms with E-state index in [9.17, 15) is 9.59 Å². The minimum Gasteiger partial charge on any atom is -0.482 e. The molecule has 0 aliphatic carbocycles. The van der Waals surface area contributed by atoms with E-state index in [1.54, 1.807) is 23.7 Å². The van der Waals surface area contributed by atoms with Gasteiger partial charge in [0.1, 0.15) is 18.1 Å². The Morgan fingerprint density at radius 2 is 1.96 bits per heavy atom. The van der Waals surface area contributed by atoms with Gasteiger partial charge in [-0.2, -0.15) is 0 Å². The minimum absolute atomic E-state index is 0.107. The van der Waals surface area contributed by atoms with Gasteiger partial charge in [-0.05, 0) is 36.8 Å². The van der Waals surface area contributed by atoms with Gasteiger partial charge in [0.25, 0.3) is 0 Å². The molecule has 1 aromatic heterocycles. The predicted molar refractivity (Wildman–Crippen MR) is 99.5 cm³/mol. The first-order chi connectivity index (χ1) is 12.5.